The highest BCUT2D eigenvalue weighted by molar-refractivity contribution is 6.22. The molecule has 0 fully saturated rings. The molecule has 0 aliphatic carbocycles. The van der Waals surface area contributed by atoms with Crippen LogP contribution < -0.4 is 0 Å². The third-order valence-corrected chi connectivity index (χ3v) is 3.41. The van der Waals surface area contributed by atoms with Gasteiger partial charge in [0.25, 0.3) is 0 Å². The molecule has 0 spiro atoms. The van der Waals surface area contributed by atoms with Gasteiger partial charge < -0.3 is 0 Å². The molecule has 2 aromatic rings. The van der Waals surface area contributed by atoms with Crippen LogP contribution in [0, 0.1) is 11.6 Å². The van der Waals surface area contributed by atoms with Crippen LogP contribution in [-0.2, 0) is 6.42 Å². The molecule has 0 aliphatic rings. The summed E-state index contributed by atoms with van der Waals surface area (Å²) in [5.41, 5.74) is 2.05. The van der Waals surface area contributed by atoms with Crippen molar-refractivity contribution >= 4 is 11.6 Å². The molecule has 0 saturated heterocycles. The highest BCUT2D eigenvalue weighted by atomic mass is 35.5. The predicted molar refractivity (Wildman–Crippen MR) is 69.9 cm³/mol. The van der Waals surface area contributed by atoms with Gasteiger partial charge in [0.05, 0.1) is 5.38 Å². The number of hydrogen-bond donors (Lipinski definition) is 0. The zero-order valence-electron chi connectivity index (χ0n) is 9.96. The van der Waals surface area contributed by atoms with Crippen LogP contribution >= 0.6 is 11.6 Å². The Hall–Kier alpha value is -1.41. The van der Waals surface area contributed by atoms with Gasteiger partial charge in [-0.25, -0.2) is 8.78 Å². The summed E-state index contributed by atoms with van der Waals surface area (Å²) >= 11 is 6.29. The van der Waals surface area contributed by atoms with Crippen LogP contribution in [0.1, 0.15) is 29.0 Å². The lowest BCUT2D eigenvalue weighted by molar-refractivity contribution is 0.587. The first-order valence-electron chi connectivity index (χ1n) is 5.80. The summed E-state index contributed by atoms with van der Waals surface area (Å²) in [5.74, 6) is -0.965. The zero-order valence-corrected chi connectivity index (χ0v) is 10.7. The van der Waals surface area contributed by atoms with Gasteiger partial charge >= 0.3 is 0 Å². The van der Waals surface area contributed by atoms with E-state index in [0.29, 0.717) is 0 Å². The second-order valence-electron chi connectivity index (χ2n) is 4.08. The fraction of sp³-hybridized carbons (Fsp3) is 0.200. The maximum atomic E-state index is 13.7. The van der Waals surface area contributed by atoms with Crippen molar-refractivity contribution in [3.8, 4) is 0 Å². The van der Waals surface area contributed by atoms with Gasteiger partial charge in [0.15, 0.2) is 0 Å². The van der Waals surface area contributed by atoms with Gasteiger partial charge in [-0.05, 0) is 35.7 Å². The summed E-state index contributed by atoms with van der Waals surface area (Å²) in [5, 5.41) is -0.670. The van der Waals surface area contributed by atoms with Gasteiger partial charge in [0.1, 0.15) is 11.6 Å². The molecule has 0 saturated carbocycles. The maximum Gasteiger partial charge on any atom is 0.128 e. The van der Waals surface area contributed by atoms with Crippen molar-refractivity contribution in [2.24, 2.45) is 0 Å². The van der Waals surface area contributed by atoms with Crippen LogP contribution in [-0.4, -0.2) is 0 Å². The molecular weight excluding hydrogens is 254 g/mol. The van der Waals surface area contributed by atoms with E-state index in [9.17, 15) is 8.78 Å². The average Bonchev–Trinajstić information content (AvgIpc) is 2.40. The van der Waals surface area contributed by atoms with Gasteiger partial charge in [-0.15, -0.1) is 11.6 Å². The topological polar surface area (TPSA) is 0 Å². The second-order valence-corrected chi connectivity index (χ2v) is 4.52. The van der Waals surface area contributed by atoms with Crippen LogP contribution in [0.5, 0.6) is 0 Å². The van der Waals surface area contributed by atoms with Crippen molar-refractivity contribution in [1.82, 2.24) is 0 Å². The highest BCUT2D eigenvalue weighted by Gasteiger charge is 2.18. The summed E-state index contributed by atoms with van der Waals surface area (Å²) < 4.78 is 26.9. The molecular formula is C15H13ClF2. The van der Waals surface area contributed by atoms with Crippen LogP contribution in [0.15, 0.2) is 42.5 Å². The third kappa shape index (κ3) is 2.54. The van der Waals surface area contributed by atoms with Crippen molar-refractivity contribution in [2.75, 3.05) is 0 Å². The number of benzene rings is 2. The minimum atomic E-state index is -0.670. The fourth-order valence-electron chi connectivity index (χ4n) is 1.98. The standard InChI is InChI=1S/C15H13ClF2/c1-2-10-5-3-4-6-12(10)15(16)13-9-11(17)7-8-14(13)18/h3-9,15H,2H2,1H3. The van der Waals surface area contributed by atoms with Gasteiger partial charge in [0.2, 0.25) is 0 Å². The molecule has 3 heteroatoms. The Morgan fingerprint density at radius 2 is 1.78 bits per heavy atom. The van der Waals surface area contributed by atoms with Gasteiger partial charge in [-0.2, -0.15) is 0 Å². The van der Waals surface area contributed by atoms with Crippen molar-refractivity contribution < 1.29 is 8.78 Å². The molecule has 1 atom stereocenters. The van der Waals surface area contributed by atoms with E-state index in [-0.39, 0.29) is 5.56 Å². The summed E-state index contributed by atoms with van der Waals surface area (Å²) in [4.78, 5) is 0. The van der Waals surface area contributed by atoms with Crippen LogP contribution in [0.3, 0.4) is 0 Å². The lowest BCUT2D eigenvalue weighted by Crippen LogP contribution is -2.01. The Labute approximate surface area is 110 Å². The quantitative estimate of drug-likeness (QED) is 0.696. The van der Waals surface area contributed by atoms with Crippen molar-refractivity contribution in [3.63, 3.8) is 0 Å². The number of halogens is 3. The monoisotopic (exact) mass is 266 g/mol. The van der Waals surface area contributed by atoms with Crippen molar-refractivity contribution in [1.29, 1.82) is 0 Å². The van der Waals surface area contributed by atoms with Crippen molar-refractivity contribution in [3.05, 3.63) is 70.8 Å². The summed E-state index contributed by atoms with van der Waals surface area (Å²) in [6.45, 7) is 2.00. The Bertz CT molecular complexity index is 552. The first kappa shape index (κ1) is 13.0. The summed E-state index contributed by atoms with van der Waals surface area (Å²) in [6, 6.07) is 10.9. The molecule has 2 rings (SSSR count). The molecule has 0 heterocycles. The number of rotatable bonds is 3. The molecule has 0 N–H and O–H groups in total. The third-order valence-electron chi connectivity index (χ3n) is 2.94. The van der Waals surface area contributed by atoms with E-state index in [1.807, 2.05) is 31.2 Å². The van der Waals surface area contributed by atoms with E-state index >= 15 is 0 Å². The van der Waals surface area contributed by atoms with Gasteiger partial charge in [-0.1, -0.05) is 31.2 Å². The summed E-state index contributed by atoms with van der Waals surface area (Å²) in [7, 11) is 0. The van der Waals surface area contributed by atoms with E-state index in [1.165, 1.54) is 0 Å². The van der Waals surface area contributed by atoms with Crippen molar-refractivity contribution in [2.45, 2.75) is 18.7 Å². The van der Waals surface area contributed by atoms with E-state index in [2.05, 4.69) is 0 Å². The van der Waals surface area contributed by atoms with Crippen LogP contribution in [0.25, 0.3) is 0 Å². The lowest BCUT2D eigenvalue weighted by atomic mass is 9.97. The minimum Gasteiger partial charge on any atom is -0.207 e. The smallest absolute Gasteiger partial charge is 0.128 e. The normalized spacial score (nSPS) is 12.4. The molecule has 0 nitrogen and oxygen atoms in total. The average molecular weight is 267 g/mol. The molecule has 0 amide bonds. The minimum absolute atomic E-state index is 0.178. The second kappa shape index (κ2) is 5.49. The molecule has 2 aromatic carbocycles. The SMILES string of the molecule is CCc1ccccc1C(Cl)c1cc(F)ccc1F. The first-order valence-corrected chi connectivity index (χ1v) is 6.24. The molecule has 1 unspecified atom stereocenters. The number of aryl methyl sites for hydroxylation is 1. The molecule has 94 valence electrons. The lowest BCUT2D eigenvalue weighted by Gasteiger charge is -2.15. The predicted octanol–water partition coefficient (Wildman–Crippen LogP) is 4.86. The Kier molecular flexibility index (Phi) is 3.97. The highest BCUT2D eigenvalue weighted by Crippen LogP contribution is 2.33. The van der Waals surface area contributed by atoms with Gasteiger partial charge in [-0.3, -0.25) is 0 Å². The Morgan fingerprint density at radius 1 is 1.06 bits per heavy atom. The Balaban J connectivity index is 2.47. The summed E-state index contributed by atoms with van der Waals surface area (Å²) in [6.07, 6.45) is 0.802. The largest absolute Gasteiger partial charge is 0.207 e. The number of hydrogen-bond acceptors (Lipinski definition) is 0. The molecule has 0 bridgehead atoms. The number of alkyl halides is 1. The maximum absolute atomic E-state index is 13.7. The van der Waals surface area contributed by atoms with Gasteiger partial charge in [0, 0.05) is 5.56 Å². The van der Waals surface area contributed by atoms with Crippen LogP contribution in [0.4, 0.5) is 8.78 Å². The van der Waals surface area contributed by atoms with E-state index < -0.39 is 17.0 Å². The van der Waals surface area contributed by atoms with Crippen LogP contribution in [0.2, 0.25) is 0 Å². The fourth-order valence-corrected chi connectivity index (χ4v) is 2.36. The first-order chi connectivity index (χ1) is 8.63. The van der Waals surface area contributed by atoms with E-state index in [1.54, 1.807) is 0 Å². The van der Waals surface area contributed by atoms with E-state index in [0.717, 1.165) is 35.7 Å². The molecule has 18 heavy (non-hydrogen) atoms. The van der Waals surface area contributed by atoms with E-state index in [4.69, 9.17) is 11.6 Å². The molecule has 0 radical (unpaired) electrons. The Morgan fingerprint density at radius 3 is 2.50 bits per heavy atom. The molecule has 0 aliphatic heterocycles. The molecule has 0 aromatic heterocycles. The zero-order chi connectivity index (χ0) is 13.1.